The molecular formula is C12H21N5. The van der Waals surface area contributed by atoms with Crippen molar-refractivity contribution >= 4 is 0 Å². The number of nitrogens with zero attached hydrogens (tertiary/aromatic N) is 5. The summed E-state index contributed by atoms with van der Waals surface area (Å²) in [4.78, 5) is 6.54. The molecule has 0 aromatic carbocycles. The fourth-order valence-electron chi connectivity index (χ4n) is 1.71. The van der Waals surface area contributed by atoms with E-state index in [9.17, 15) is 0 Å². The zero-order valence-corrected chi connectivity index (χ0v) is 11.1. The summed E-state index contributed by atoms with van der Waals surface area (Å²) >= 11 is 0. The fraction of sp³-hybridized carbons (Fsp3) is 0.750. The summed E-state index contributed by atoms with van der Waals surface area (Å²) in [6.07, 6.45) is 2.14. The van der Waals surface area contributed by atoms with Crippen molar-refractivity contribution in [2.75, 3.05) is 6.54 Å². The Morgan fingerprint density at radius 1 is 1.41 bits per heavy atom. The number of nitriles is 1. The highest BCUT2D eigenvalue weighted by atomic mass is 15.4. The predicted molar refractivity (Wildman–Crippen MR) is 66.2 cm³/mol. The molecule has 0 aliphatic rings. The number of aromatic nitrogens is 3. The summed E-state index contributed by atoms with van der Waals surface area (Å²) in [5.74, 6) is 0.964. The summed E-state index contributed by atoms with van der Waals surface area (Å²) < 4.78 is 1.93. The Balaban J connectivity index is 2.72. The fourth-order valence-corrected chi connectivity index (χ4v) is 1.71. The van der Waals surface area contributed by atoms with E-state index in [1.165, 1.54) is 0 Å². The molecule has 0 radical (unpaired) electrons. The second-order valence-corrected chi connectivity index (χ2v) is 4.69. The molecule has 1 rings (SSSR count). The van der Waals surface area contributed by atoms with Crippen molar-refractivity contribution < 1.29 is 0 Å². The first-order valence-electron chi connectivity index (χ1n) is 6.05. The molecule has 0 saturated heterocycles. The van der Waals surface area contributed by atoms with E-state index in [1.54, 1.807) is 6.33 Å². The first kappa shape index (κ1) is 13.7. The van der Waals surface area contributed by atoms with E-state index in [-0.39, 0.29) is 0 Å². The largest absolute Gasteiger partial charge is 0.292 e. The van der Waals surface area contributed by atoms with Gasteiger partial charge in [0.05, 0.1) is 12.6 Å². The molecule has 0 spiro atoms. The SMILES string of the molecule is CC(C)N(CCC#N)Cc1ncnn1C(C)C. The molecule has 5 heteroatoms. The lowest BCUT2D eigenvalue weighted by atomic mass is 10.3. The van der Waals surface area contributed by atoms with Gasteiger partial charge in [-0.25, -0.2) is 9.67 Å². The molecule has 0 atom stereocenters. The zero-order chi connectivity index (χ0) is 12.8. The number of hydrogen-bond donors (Lipinski definition) is 0. The van der Waals surface area contributed by atoms with Gasteiger partial charge in [0.25, 0.3) is 0 Å². The molecule has 1 heterocycles. The van der Waals surface area contributed by atoms with Gasteiger partial charge >= 0.3 is 0 Å². The summed E-state index contributed by atoms with van der Waals surface area (Å²) in [5.41, 5.74) is 0. The molecule has 0 amide bonds. The van der Waals surface area contributed by atoms with Gasteiger partial charge in [0.2, 0.25) is 0 Å². The minimum atomic E-state index is 0.317. The van der Waals surface area contributed by atoms with Crippen LogP contribution in [-0.2, 0) is 6.54 Å². The summed E-state index contributed by atoms with van der Waals surface area (Å²) in [5, 5.41) is 12.9. The van der Waals surface area contributed by atoms with E-state index in [0.29, 0.717) is 18.5 Å². The molecule has 94 valence electrons. The lowest BCUT2D eigenvalue weighted by Gasteiger charge is -2.25. The van der Waals surface area contributed by atoms with Crippen molar-refractivity contribution in [2.45, 2.75) is 52.7 Å². The van der Waals surface area contributed by atoms with Crippen LogP contribution in [0.3, 0.4) is 0 Å². The number of hydrogen-bond acceptors (Lipinski definition) is 4. The molecular weight excluding hydrogens is 214 g/mol. The standard InChI is InChI=1S/C12H21N5/c1-10(2)16(7-5-6-13)8-12-14-9-15-17(12)11(3)4/h9-11H,5,7-8H2,1-4H3. The van der Waals surface area contributed by atoms with Crippen molar-refractivity contribution in [2.24, 2.45) is 0 Å². The van der Waals surface area contributed by atoms with Crippen LogP contribution in [0.5, 0.6) is 0 Å². The van der Waals surface area contributed by atoms with Crippen LogP contribution in [0.15, 0.2) is 6.33 Å². The Hall–Kier alpha value is -1.41. The second kappa shape index (κ2) is 6.36. The van der Waals surface area contributed by atoms with Gasteiger partial charge in [-0.1, -0.05) is 0 Å². The highest BCUT2D eigenvalue weighted by Crippen LogP contribution is 2.10. The maximum Gasteiger partial charge on any atom is 0.141 e. The van der Waals surface area contributed by atoms with Crippen molar-refractivity contribution in [1.82, 2.24) is 19.7 Å². The van der Waals surface area contributed by atoms with Crippen LogP contribution in [0.25, 0.3) is 0 Å². The molecule has 0 saturated carbocycles. The minimum Gasteiger partial charge on any atom is -0.292 e. The lowest BCUT2D eigenvalue weighted by molar-refractivity contribution is 0.207. The predicted octanol–water partition coefficient (Wildman–Crippen LogP) is 1.98. The van der Waals surface area contributed by atoms with E-state index < -0.39 is 0 Å². The highest BCUT2D eigenvalue weighted by Gasteiger charge is 2.14. The van der Waals surface area contributed by atoms with Crippen LogP contribution in [0, 0.1) is 11.3 Å². The normalized spacial score (nSPS) is 11.4. The quantitative estimate of drug-likeness (QED) is 0.756. The van der Waals surface area contributed by atoms with Crippen molar-refractivity contribution in [1.29, 1.82) is 5.26 Å². The van der Waals surface area contributed by atoms with Crippen LogP contribution in [0.4, 0.5) is 0 Å². The third kappa shape index (κ3) is 3.82. The third-order valence-electron chi connectivity index (χ3n) is 2.72. The van der Waals surface area contributed by atoms with Gasteiger partial charge in [0.15, 0.2) is 0 Å². The molecule has 0 aliphatic heterocycles. The minimum absolute atomic E-state index is 0.317. The number of rotatable bonds is 6. The van der Waals surface area contributed by atoms with Crippen molar-refractivity contribution in [3.63, 3.8) is 0 Å². The molecule has 1 aromatic heterocycles. The van der Waals surface area contributed by atoms with Gasteiger partial charge < -0.3 is 0 Å². The average molecular weight is 235 g/mol. The molecule has 0 bridgehead atoms. The highest BCUT2D eigenvalue weighted by molar-refractivity contribution is 4.88. The van der Waals surface area contributed by atoms with Gasteiger partial charge in [-0.2, -0.15) is 10.4 Å². The third-order valence-corrected chi connectivity index (χ3v) is 2.72. The molecule has 0 unspecified atom stereocenters. The maximum atomic E-state index is 8.66. The molecule has 0 aliphatic carbocycles. The van der Waals surface area contributed by atoms with E-state index in [1.807, 2.05) is 4.68 Å². The average Bonchev–Trinajstić information content (AvgIpc) is 2.71. The monoisotopic (exact) mass is 235 g/mol. The van der Waals surface area contributed by atoms with Gasteiger partial charge in [0, 0.05) is 25.0 Å². The first-order chi connectivity index (χ1) is 8.06. The maximum absolute atomic E-state index is 8.66. The Morgan fingerprint density at radius 3 is 2.65 bits per heavy atom. The van der Waals surface area contributed by atoms with Crippen LogP contribution >= 0.6 is 0 Å². The van der Waals surface area contributed by atoms with Crippen LogP contribution in [0.2, 0.25) is 0 Å². The lowest BCUT2D eigenvalue weighted by Crippen LogP contribution is -2.32. The van der Waals surface area contributed by atoms with E-state index in [0.717, 1.165) is 18.9 Å². The zero-order valence-electron chi connectivity index (χ0n) is 11.1. The Labute approximate surface area is 103 Å². The second-order valence-electron chi connectivity index (χ2n) is 4.69. The molecule has 0 fully saturated rings. The van der Waals surface area contributed by atoms with Crippen LogP contribution < -0.4 is 0 Å². The topological polar surface area (TPSA) is 57.7 Å². The molecule has 5 nitrogen and oxygen atoms in total. The Kier molecular flexibility index (Phi) is 5.11. The van der Waals surface area contributed by atoms with Crippen molar-refractivity contribution in [3.8, 4) is 6.07 Å². The van der Waals surface area contributed by atoms with E-state index in [4.69, 9.17) is 5.26 Å². The van der Waals surface area contributed by atoms with Crippen LogP contribution in [0.1, 0.15) is 46.0 Å². The summed E-state index contributed by atoms with van der Waals surface area (Å²) in [7, 11) is 0. The summed E-state index contributed by atoms with van der Waals surface area (Å²) in [6, 6.07) is 2.91. The Morgan fingerprint density at radius 2 is 2.12 bits per heavy atom. The van der Waals surface area contributed by atoms with Gasteiger partial charge in [-0.15, -0.1) is 0 Å². The first-order valence-corrected chi connectivity index (χ1v) is 6.05. The van der Waals surface area contributed by atoms with Crippen LogP contribution in [-0.4, -0.2) is 32.3 Å². The van der Waals surface area contributed by atoms with Gasteiger partial charge in [-0.3, -0.25) is 4.90 Å². The van der Waals surface area contributed by atoms with Gasteiger partial charge in [-0.05, 0) is 27.7 Å². The summed E-state index contributed by atoms with van der Waals surface area (Å²) in [6.45, 7) is 9.97. The molecule has 1 aromatic rings. The molecule has 17 heavy (non-hydrogen) atoms. The van der Waals surface area contributed by atoms with E-state index in [2.05, 4.69) is 48.7 Å². The Bertz CT molecular complexity index is 374. The van der Waals surface area contributed by atoms with Crippen molar-refractivity contribution in [3.05, 3.63) is 12.2 Å². The smallest absolute Gasteiger partial charge is 0.141 e. The van der Waals surface area contributed by atoms with Gasteiger partial charge in [0.1, 0.15) is 12.2 Å². The van der Waals surface area contributed by atoms with E-state index >= 15 is 0 Å². The molecule has 0 N–H and O–H groups in total.